The minimum atomic E-state index is 0.0329. The zero-order valence-corrected chi connectivity index (χ0v) is 14.8. The van der Waals surface area contributed by atoms with E-state index in [-0.39, 0.29) is 12.5 Å². The van der Waals surface area contributed by atoms with E-state index >= 15 is 0 Å². The maximum absolute atomic E-state index is 11.7. The van der Waals surface area contributed by atoms with Gasteiger partial charge in [-0.1, -0.05) is 33.1 Å². The zero-order chi connectivity index (χ0) is 16.4. The Balaban J connectivity index is 2.44. The molecule has 0 aromatic carbocycles. The molecule has 1 aliphatic rings. The van der Waals surface area contributed by atoms with Gasteiger partial charge in [0, 0.05) is 27.2 Å². The number of likely N-dealkylation sites (N-methyl/N-ethyl adjacent to an activating group) is 1. The van der Waals surface area contributed by atoms with Gasteiger partial charge in [-0.25, -0.2) is 4.99 Å². The molecule has 1 atom stereocenters. The van der Waals surface area contributed by atoms with Crippen LogP contribution in [0.1, 0.15) is 52.4 Å². The summed E-state index contributed by atoms with van der Waals surface area (Å²) in [5, 5.41) is 6.80. The molecular formula is C17H34N4O. The highest BCUT2D eigenvalue weighted by Crippen LogP contribution is 2.27. The summed E-state index contributed by atoms with van der Waals surface area (Å²) >= 11 is 0. The molecule has 5 nitrogen and oxygen atoms in total. The SMILES string of the molecule is CCCCC(CC)CNC(=NCC(=O)N(C)C)NCC1CC1. The number of guanidine groups is 1. The van der Waals surface area contributed by atoms with Crippen molar-refractivity contribution in [2.75, 3.05) is 33.7 Å². The maximum Gasteiger partial charge on any atom is 0.243 e. The summed E-state index contributed by atoms with van der Waals surface area (Å²) in [4.78, 5) is 17.7. The summed E-state index contributed by atoms with van der Waals surface area (Å²) in [5.74, 6) is 2.29. The first-order valence-corrected chi connectivity index (χ1v) is 8.79. The Hall–Kier alpha value is -1.26. The van der Waals surface area contributed by atoms with E-state index in [0.717, 1.165) is 25.0 Å². The Morgan fingerprint density at radius 2 is 2.00 bits per heavy atom. The van der Waals surface area contributed by atoms with Gasteiger partial charge in [0.2, 0.25) is 5.91 Å². The van der Waals surface area contributed by atoms with E-state index in [1.54, 1.807) is 19.0 Å². The van der Waals surface area contributed by atoms with Crippen molar-refractivity contribution in [3.8, 4) is 0 Å². The van der Waals surface area contributed by atoms with Gasteiger partial charge < -0.3 is 15.5 Å². The summed E-state index contributed by atoms with van der Waals surface area (Å²) in [6, 6.07) is 0. The number of amides is 1. The largest absolute Gasteiger partial charge is 0.356 e. The third-order valence-corrected chi connectivity index (χ3v) is 4.23. The van der Waals surface area contributed by atoms with Crippen LogP contribution in [0.5, 0.6) is 0 Å². The van der Waals surface area contributed by atoms with Crippen LogP contribution in [0.15, 0.2) is 4.99 Å². The lowest BCUT2D eigenvalue weighted by atomic mass is 9.99. The molecular weight excluding hydrogens is 276 g/mol. The number of aliphatic imine (C=N–C) groups is 1. The molecule has 0 aromatic rings. The third kappa shape index (κ3) is 8.25. The van der Waals surface area contributed by atoms with Crippen LogP contribution in [0.25, 0.3) is 0 Å². The van der Waals surface area contributed by atoms with Gasteiger partial charge in [-0.3, -0.25) is 4.79 Å². The summed E-state index contributed by atoms with van der Waals surface area (Å²) in [6.07, 6.45) is 7.58. The van der Waals surface area contributed by atoms with Crippen molar-refractivity contribution in [2.45, 2.75) is 52.4 Å². The molecule has 128 valence electrons. The first kappa shape index (κ1) is 18.8. The molecule has 5 heteroatoms. The van der Waals surface area contributed by atoms with Crippen LogP contribution in [-0.4, -0.2) is 50.5 Å². The van der Waals surface area contributed by atoms with E-state index in [1.165, 1.54) is 38.5 Å². The van der Waals surface area contributed by atoms with Gasteiger partial charge >= 0.3 is 0 Å². The first-order chi connectivity index (χ1) is 10.6. The Morgan fingerprint density at radius 1 is 1.27 bits per heavy atom. The molecule has 0 radical (unpaired) electrons. The van der Waals surface area contributed by atoms with Crippen molar-refractivity contribution in [1.29, 1.82) is 0 Å². The topological polar surface area (TPSA) is 56.7 Å². The summed E-state index contributed by atoms with van der Waals surface area (Å²) in [6.45, 7) is 6.58. The van der Waals surface area contributed by atoms with Gasteiger partial charge in [0.15, 0.2) is 5.96 Å². The van der Waals surface area contributed by atoms with Gasteiger partial charge in [-0.15, -0.1) is 0 Å². The number of carbonyl (C=O) groups excluding carboxylic acids is 1. The minimum absolute atomic E-state index is 0.0329. The Kier molecular flexibility index (Phi) is 8.94. The maximum atomic E-state index is 11.7. The molecule has 0 spiro atoms. The molecule has 22 heavy (non-hydrogen) atoms. The van der Waals surface area contributed by atoms with Crippen LogP contribution in [0.4, 0.5) is 0 Å². The van der Waals surface area contributed by atoms with Crippen molar-refractivity contribution < 1.29 is 4.79 Å². The lowest BCUT2D eigenvalue weighted by Crippen LogP contribution is -2.41. The normalized spacial score (nSPS) is 16.3. The molecule has 0 saturated heterocycles. The number of nitrogens with zero attached hydrogens (tertiary/aromatic N) is 2. The Morgan fingerprint density at radius 3 is 2.55 bits per heavy atom. The average Bonchev–Trinajstić information content (AvgIpc) is 3.32. The van der Waals surface area contributed by atoms with Crippen LogP contribution < -0.4 is 10.6 Å². The minimum Gasteiger partial charge on any atom is -0.356 e. The summed E-state index contributed by atoms with van der Waals surface area (Å²) < 4.78 is 0. The summed E-state index contributed by atoms with van der Waals surface area (Å²) in [5.41, 5.74) is 0. The number of hydrogen-bond donors (Lipinski definition) is 2. The van der Waals surface area contributed by atoms with E-state index in [9.17, 15) is 4.79 Å². The molecule has 2 N–H and O–H groups in total. The van der Waals surface area contributed by atoms with Crippen LogP contribution in [0.3, 0.4) is 0 Å². The number of rotatable bonds is 10. The first-order valence-electron chi connectivity index (χ1n) is 8.79. The lowest BCUT2D eigenvalue weighted by molar-refractivity contribution is -0.127. The number of nitrogens with one attached hydrogen (secondary N) is 2. The molecule has 1 amide bonds. The fourth-order valence-corrected chi connectivity index (χ4v) is 2.21. The molecule has 0 bridgehead atoms. The number of hydrogen-bond acceptors (Lipinski definition) is 2. The van der Waals surface area contributed by atoms with E-state index in [4.69, 9.17) is 0 Å². The fraction of sp³-hybridized carbons (Fsp3) is 0.882. The number of carbonyl (C=O) groups is 1. The number of unbranched alkanes of at least 4 members (excludes halogenated alkanes) is 1. The predicted molar refractivity (Wildman–Crippen MR) is 93.0 cm³/mol. The van der Waals surface area contributed by atoms with Crippen molar-refractivity contribution in [3.05, 3.63) is 0 Å². The molecule has 1 saturated carbocycles. The molecule has 1 rings (SSSR count). The highest BCUT2D eigenvalue weighted by atomic mass is 16.2. The van der Waals surface area contributed by atoms with Crippen LogP contribution in [0.2, 0.25) is 0 Å². The molecule has 1 unspecified atom stereocenters. The second kappa shape index (κ2) is 10.5. The van der Waals surface area contributed by atoms with E-state index in [1.807, 2.05) is 0 Å². The monoisotopic (exact) mass is 310 g/mol. The Labute approximate surface area is 135 Å². The van der Waals surface area contributed by atoms with Gasteiger partial charge in [0.1, 0.15) is 6.54 Å². The zero-order valence-electron chi connectivity index (χ0n) is 14.8. The van der Waals surface area contributed by atoms with Crippen molar-refractivity contribution in [1.82, 2.24) is 15.5 Å². The van der Waals surface area contributed by atoms with Crippen molar-refractivity contribution in [2.24, 2.45) is 16.8 Å². The van der Waals surface area contributed by atoms with Gasteiger partial charge in [0.05, 0.1) is 0 Å². The predicted octanol–water partition coefficient (Wildman–Crippen LogP) is 2.24. The van der Waals surface area contributed by atoms with Crippen LogP contribution in [0, 0.1) is 11.8 Å². The lowest BCUT2D eigenvalue weighted by Gasteiger charge is -2.18. The van der Waals surface area contributed by atoms with E-state index < -0.39 is 0 Å². The highest BCUT2D eigenvalue weighted by Gasteiger charge is 2.21. The van der Waals surface area contributed by atoms with Gasteiger partial charge in [0.25, 0.3) is 0 Å². The molecule has 0 aromatic heterocycles. The average molecular weight is 310 g/mol. The molecule has 1 fully saturated rings. The second-order valence-corrected chi connectivity index (χ2v) is 6.57. The van der Waals surface area contributed by atoms with Gasteiger partial charge in [-0.05, 0) is 31.1 Å². The van der Waals surface area contributed by atoms with Crippen molar-refractivity contribution >= 4 is 11.9 Å². The molecule has 0 aliphatic heterocycles. The van der Waals surface area contributed by atoms with Crippen molar-refractivity contribution in [3.63, 3.8) is 0 Å². The van der Waals surface area contributed by atoms with Crippen LogP contribution in [-0.2, 0) is 4.79 Å². The standard InChI is InChI=1S/C17H34N4O/c1-5-7-8-14(6-2)11-18-17(19-12-15-9-10-15)20-13-16(22)21(3)4/h14-15H,5-13H2,1-4H3,(H2,18,19,20). The summed E-state index contributed by atoms with van der Waals surface area (Å²) in [7, 11) is 3.53. The third-order valence-electron chi connectivity index (χ3n) is 4.23. The molecule has 1 aliphatic carbocycles. The van der Waals surface area contributed by atoms with Crippen LogP contribution >= 0.6 is 0 Å². The van der Waals surface area contributed by atoms with E-state index in [0.29, 0.717) is 5.92 Å². The smallest absolute Gasteiger partial charge is 0.243 e. The molecule has 0 heterocycles. The fourth-order valence-electron chi connectivity index (χ4n) is 2.21. The van der Waals surface area contributed by atoms with Gasteiger partial charge in [-0.2, -0.15) is 0 Å². The van der Waals surface area contributed by atoms with E-state index in [2.05, 4.69) is 29.5 Å². The highest BCUT2D eigenvalue weighted by molar-refractivity contribution is 5.84. The Bertz CT molecular complexity index is 351. The second-order valence-electron chi connectivity index (χ2n) is 6.57. The quantitative estimate of drug-likeness (QED) is 0.480.